The summed E-state index contributed by atoms with van der Waals surface area (Å²) in [6, 6.07) is 1.84. The summed E-state index contributed by atoms with van der Waals surface area (Å²) in [7, 11) is 0. The van der Waals surface area contributed by atoms with E-state index in [9.17, 15) is 9.59 Å². The Morgan fingerprint density at radius 3 is 2.61 bits per heavy atom. The van der Waals surface area contributed by atoms with Crippen molar-refractivity contribution in [3.8, 4) is 0 Å². The van der Waals surface area contributed by atoms with Crippen LogP contribution < -0.4 is 0 Å². The second-order valence-electron chi connectivity index (χ2n) is 4.68. The van der Waals surface area contributed by atoms with Crippen molar-refractivity contribution < 1.29 is 14.7 Å². The molecule has 98 valence electrons. The van der Waals surface area contributed by atoms with Crippen LogP contribution >= 0.6 is 27.3 Å². The second-order valence-corrected chi connectivity index (χ2v) is 7.25. The molecule has 1 N–H and O–H groups in total. The number of carboxylic acids is 1. The topological polar surface area (TPSA) is 57.6 Å². The summed E-state index contributed by atoms with van der Waals surface area (Å²) in [5.74, 6) is -1.35. The lowest BCUT2D eigenvalue weighted by molar-refractivity contribution is -0.142. The SMILES string of the molecule is Cc1cc(C(=O)N2C[C@@H](C)[C@H](C(=O)O)C2)c(Br)s1. The summed E-state index contributed by atoms with van der Waals surface area (Å²) >= 11 is 4.90. The predicted octanol–water partition coefficient (Wildman–Crippen LogP) is 2.61. The Morgan fingerprint density at radius 1 is 1.50 bits per heavy atom. The van der Waals surface area contributed by atoms with Crippen LogP contribution in [0.25, 0.3) is 0 Å². The van der Waals surface area contributed by atoms with Crippen LogP contribution in [0.5, 0.6) is 0 Å². The highest BCUT2D eigenvalue weighted by molar-refractivity contribution is 9.11. The Kier molecular flexibility index (Phi) is 3.77. The molecule has 2 heterocycles. The summed E-state index contributed by atoms with van der Waals surface area (Å²) in [6.45, 7) is 4.63. The summed E-state index contributed by atoms with van der Waals surface area (Å²) < 4.78 is 0.816. The molecule has 0 radical (unpaired) electrons. The van der Waals surface area contributed by atoms with Crippen molar-refractivity contribution in [2.24, 2.45) is 11.8 Å². The molecule has 1 aliphatic rings. The van der Waals surface area contributed by atoms with E-state index in [4.69, 9.17) is 5.11 Å². The molecule has 6 heteroatoms. The number of carbonyl (C=O) groups is 2. The summed E-state index contributed by atoms with van der Waals surface area (Å²) in [5, 5.41) is 9.07. The summed E-state index contributed by atoms with van der Waals surface area (Å²) in [6.07, 6.45) is 0. The van der Waals surface area contributed by atoms with Gasteiger partial charge in [-0.2, -0.15) is 0 Å². The van der Waals surface area contributed by atoms with Crippen molar-refractivity contribution in [3.63, 3.8) is 0 Å². The lowest BCUT2D eigenvalue weighted by atomic mass is 9.99. The normalized spacial score (nSPS) is 23.4. The zero-order valence-electron chi connectivity index (χ0n) is 10.1. The lowest BCUT2D eigenvalue weighted by Gasteiger charge is -2.15. The molecule has 1 aliphatic heterocycles. The molecule has 1 fully saturated rings. The van der Waals surface area contributed by atoms with Crippen LogP contribution in [0.3, 0.4) is 0 Å². The van der Waals surface area contributed by atoms with Gasteiger partial charge in [0.25, 0.3) is 5.91 Å². The first-order chi connectivity index (χ1) is 8.40. The molecule has 2 rings (SSSR count). The Bertz CT molecular complexity index is 500. The monoisotopic (exact) mass is 331 g/mol. The zero-order chi connectivity index (χ0) is 13.4. The maximum Gasteiger partial charge on any atom is 0.308 e. The third kappa shape index (κ3) is 2.44. The average molecular weight is 332 g/mol. The molecule has 18 heavy (non-hydrogen) atoms. The van der Waals surface area contributed by atoms with Crippen LogP contribution in [0.4, 0.5) is 0 Å². The number of halogens is 1. The van der Waals surface area contributed by atoms with Gasteiger partial charge in [0.1, 0.15) is 0 Å². The van der Waals surface area contributed by atoms with Crippen LogP contribution in [0.2, 0.25) is 0 Å². The standard InChI is InChI=1S/C12H14BrNO3S/c1-6-4-14(5-9(6)12(16)17)11(15)8-3-7(2)18-10(8)13/h3,6,9H,4-5H2,1-2H3,(H,16,17)/t6-,9-/m1/s1. The van der Waals surface area contributed by atoms with Gasteiger partial charge < -0.3 is 10.0 Å². The van der Waals surface area contributed by atoms with Gasteiger partial charge >= 0.3 is 5.97 Å². The van der Waals surface area contributed by atoms with Crippen molar-refractivity contribution in [2.75, 3.05) is 13.1 Å². The largest absolute Gasteiger partial charge is 0.481 e. The summed E-state index contributed by atoms with van der Waals surface area (Å²) in [5.41, 5.74) is 0.635. The highest BCUT2D eigenvalue weighted by atomic mass is 79.9. The maximum atomic E-state index is 12.3. The zero-order valence-corrected chi connectivity index (χ0v) is 12.5. The fraction of sp³-hybridized carbons (Fsp3) is 0.500. The molecule has 1 amide bonds. The van der Waals surface area contributed by atoms with E-state index in [1.165, 1.54) is 11.3 Å². The Labute approximate surface area is 118 Å². The number of nitrogens with zero attached hydrogens (tertiary/aromatic N) is 1. The van der Waals surface area contributed by atoms with Gasteiger partial charge in [0.15, 0.2) is 0 Å². The molecule has 4 nitrogen and oxygen atoms in total. The molecule has 1 saturated heterocycles. The molecular formula is C12H14BrNO3S. The van der Waals surface area contributed by atoms with Crippen LogP contribution in [-0.4, -0.2) is 35.0 Å². The Morgan fingerprint density at radius 2 is 2.17 bits per heavy atom. The third-order valence-electron chi connectivity index (χ3n) is 3.26. The number of amides is 1. The van der Waals surface area contributed by atoms with Gasteiger partial charge in [-0.05, 0) is 34.8 Å². The number of thiophene rings is 1. The van der Waals surface area contributed by atoms with Gasteiger partial charge in [0.2, 0.25) is 0 Å². The van der Waals surface area contributed by atoms with E-state index in [0.717, 1.165) is 8.66 Å². The van der Waals surface area contributed by atoms with Crippen molar-refractivity contribution >= 4 is 39.1 Å². The molecule has 0 bridgehead atoms. The molecule has 1 aromatic rings. The molecule has 0 aliphatic carbocycles. The van der Waals surface area contributed by atoms with E-state index in [-0.39, 0.29) is 11.8 Å². The minimum Gasteiger partial charge on any atom is -0.481 e. The Hall–Kier alpha value is -0.880. The number of hydrogen-bond donors (Lipinski definition) is 1. The average Bonchev–Trinajstić information content (AvgIpc) is 2.81. The van der Waals surface area contributed by atoms with Crippen molar-refractivity contribution in [3.05, 3.63) is 20.3 Å². The lowest BCUT2D eigenvalue weighted by Crippen LogP contribution is -2.29. The van der Waals surface area contributed by atoms with E-state index in [1.54, 1.807) is 4.90 Å². The third-order valence-corrected chi connectivity index (χ3v) is 5.01. The van der Waals surface area contributed by atoms with E-state index in [1.807, 2.05) is 19.9 Å². The Balaban J connectivity index is 2.17. The van der Waals surface area contributed by atoms with E-state index in [2.05, 4.69) is 15.9 Å². The van der Waals surface area contributed by atoms with E-state index < -0.39 is 11.9 Å². The molecule has 1 aromatic heterocycles. The van der Waals surface area contributed by atoms with Gasteiger partial charge in [-0.15, -0.1) is 11.3 Å². The molecule has 2 atom stereocenters. The number of aryl methyl sites for hydroxylation is 1. The minimum absolute atomic E-state index is 0.00459. The molecule has 0 spiro atoms. The smallest absolute Gasteiger partial charge is 0.308 e. The maximum absolute atomic E-state index is 12.3. The fourth-order valence-corrected chi connectivity index (χ4v) is 4.02. The van der Waals surface area contributed by atoms with Crippen LogP contribution in [0.1, 0.15) is 22.2 Å². The van der Waals surface area contributed by atoms with Gasteiger partial charge in [-0.1, -0.05) is 6.92 Å². The first-order valence-electron chi connectivity index (χ1n) is 5.68. The number of carboxylic acid groups (broad SMARTS) is 1. The van der Waals surface area contributed by atoms with Crippen LogP contribution in [0, 0.1) is 18.8 Å². The van der Waals surface area contributed by atoms with Crippen LogP contribution in [0.15, 0.2) is 9.85 Å². The second kappa shape index (κ2) is 5.01. The highest BCUT2D eigenvalue weighted by Gasteiger charge is 2.37. The van der Waals surface area contributed by atoms with Crippen molar-refractivity contribution in [1.29, 1.82) is 0 Å². The highest BCUT2D eigenvalue weighted by Crippen LogP contribution is 2.31. The van der Waals surface area contributed by atoms with Gasteiger partial charge in [0, 0.05) is 18.0 Å². The predicted molar refractivity (Wildman–Crippen MR) is 72.9 cm³/mol. The van der Waals surface area contributed by atoms with Gasteiger partial charge in [0.05, 0.1) is 15.3 Å². The van der Waals surface area contributed by atoms with Gasteiger partial charge in [-0.25, -0.2) is 0 Å². The van der Waals surface area contributed by atoms with Crippen molar-refractivity contribution in [2.45, 2.75) is 13.8 Å². The number of aliphatic carboxylic acids is 1. The minimum atomic E-state index is -0.821. The number of rotatable bonds is 2. The number of likely N-dealkylation sites (tertiary alicyclic amines) is 1. The van der Waals surface area contributed by atoms with Gasteiger partial charge in [-0.3, -0.25) is 9.59 Å². The molecule has 0 saturated carbocycles. The molecular weight excluding hydrogens is 318 g/mol. The fourth-order valence-electron chi connectivity index (χ4n) is 2.26. The molecule has 0 aromatic carbocycles. The quantitative estimate of drug-likeness (QED) is 0.906. The van der Waals surface area contributed by atoms with E-state index in [0.29, 0.717) is 18.7 Å². The number of hydrogen-bond acceptors (Lipinski definition) is 3. The molecule has 0 unspecified atom stereocenters. The first-order valence-corrected chi connectivity index (χ1v) is 7.29. The van der Waals surface area contributed by atoms with E-state index >= 15 is 0 Å². The summed E-state index contributed by atoms with van der Waals surface area (Å²) in [4.78, 5) is 26.0. The number of carbonyl (C=O) groups excluding carboxylic acids is 1. The van der Waals surface area contributed by atoms with Crippen LogP contribution in [-0.2, 0) is 4.79 Å². The van der Waals surface area contributed by atoms with Crippen molar-refractivity contribution in [1.82, 2.24) is 4.90 Å². The first kappa shape index (κ1) is 13.5.